The summed E-state index contributed by atoms with van der Waals surface area (Å²) in [7, 11) is 0. The normalized spacial score (nSPS) is 11.2. The molecule has 0 aliphatic carbocycles. The van der Waals surface area contributed by atoms with E-state index in [1.807, 2.05) is 30.3 Å². The smallest absolute Gasteiger partial charge is 0.220 e. The molecule has 0 aliphatic heterocycles. The third-order valence-electron chi connectivity index (χ3n) is 4.51. The number of hydrogen-bond acceptors (Lipinski definition) is 4. The van der Waals surface area contributed by atoms with Crippen LogP contribution in [0.2, 0.25) is 5.02 Å². The Labute approximate surface area is 184 Å². The van der Waals surface area contributed by atoms with Gasteiger partial charge in [-0.2, -0.15) is 9.61 Å². The number of nitrogens with zero attached hydrogens (tertiary/aromatic N) is 3. The average molecular weight is 479 g/mol. The second-order valence-electron chi connectivity index (χ2n) is 7.30. The lowest BCUT2D eigenvalue weighted by atomic mass is 10.1. The van der Waals surface area contributed by atoms with E-state index in [1.54, 1.807) is 10.7 Å². The molecule has 0 radical (unpaired) electrons. The zero-order valence-electron chi connectivity index (χ0n) is 16.6. The fourth-order valence-corrected chi connectivity index (χ4v) is 3.49. The molecule has 2 N–H and O–H groups in total. The Morgan fingerprint density at radius 2 is 2.07 bits per heavy atom. The second kappa shape index (κ2) is 10.1. The first-order chi connectivity index (χ1) is 14.0. The minimum atomic E-state index is 0.113. The van der Waals surface area contributed by atoms with Crippen molar-refractivity contribution in [1.29, 1.82) is 0 Å². The molecule has 1 amide bonds. The Kier molecular flexibility index (Phi) is 7.50. The Morgan fingerprint density at radius 3 is 2.83 bits per heavy atom. The van der Waals surface area contributed by atoms with E-state index in [9.17, 15) is 4.79 Å². The van der Waals surface area contributed by atoms with E-state index in [-0.39, 0.29) is 5.91 Å². The molecule has 154 valence electrons. The van der Waals surface area contributed by atoms with E-state index in [1.165, 1.54) is 0 Å². The molecule has 2 aromatic heterocycles. The van der Waals surface area contributed by atoms with Crippen LogP contribution in [0, 0.1) is 5.92 Å². The van der Waals surface area contributed by atoms with E-state index in [0.29, 0.717) is 36.1 Å². The maximum Gasteiger partial charge on any atom is 0.220 e. The summed E-state index contributed by atoms with van der Waals surface area (Å²) in [5, 5.41) is 11.4. The van der Waals surface area contributed by atoms with E-state index < -0.39 is 0 Å². The average Bonchev–Trinajstić information content (AvgIpc) is 3.07. The van der Waals surface area contributed by atoms with Crippen LogP contribution < -0.4 is 10.6 Å². The van der Waals surface area contributed by atoms with Gasteiger partial charge in [-0.05, 0) is 40.8 Å². The van der Waals surface area contributed by atoms with Crippen molar-refractivity contribution in [3.8, 4) is 11.3 Å². The summed E-state index contributed by atoms with van der Waals surface area (Å²) in [4.78, 5) is 16.5. The van der Waals surface area contributed by atoms with Crippen LogP contribution in [-0.2, 0) is 4.79 Å². The van der Waals surface area contributed by atoms with Gasteiger partial charge in [0.1, 0.15) is 5.82 Å². The standard InChI is InChI=1S/C21H25BrClN5O/c1-14(2)8-9-20(29)25-11-5-10-24-19-12-18(15-6-3-4-7-17(15)23)27-21-16(22)13-26-28(19)21/h3-4,6-7,12-14,24H,5,8-11H2,1-2H3,(H,25,29). The number of carbonyl (C=O) groups excluding carboxylic acids is 1. The highest BCUT2D eigenvalue weighted by molar-refractivity contribution is 9.10. The lowest BCUT2D eigenvalue weighted by Gasteiger charge is -2.12. The van der Waals surface area contributed by atoms with Gasteiger partial charge in [0, 0.05) is 36.2 Å². The number of fused-ring (bicyclic) bond motifs is 1. The van der Waals surface area contributed by atoms with E-state index in [4.69, 9.17) is 16.6 Å². The highest BCUT2D eigenvalue weighted by Gasteiger charge is 2.13. The summed E-state index contributed by atoms with van der Waals surface area (Å²) in [6.45, 7) is 5.58. The zero-order chi connectivity index (χ0) is 20.8. The molecule has 3 rings (SSSR count). The minimum Gasteiger partial charge on any atom is -0.370 e. The van der Waals surface area contributed by atoms with Gasteiger partial charge in [0.2, 0.25) is 5.91 Å². The molecule has 1 aromatic carbocycles. The van der Waals surface area contributed by atoms with Gasteiger partial charge in [-0.3, -0.25) is 4.79 Å². The molecule has 0 bridgehead atoms. The molecule has 2 heterocycles. The maximum atomic E-state index is 11.8. The predicted molar refractivity (Wildman–Crippen MR) is 121 cm³/mol. The van der Waals surface area contributed by atoms with Crippen LogP contribution >= 0.6 is 27.5 Å². The Bertz CT molecular complexity index is 988. The summed E-state index contributed by atoms with van der Waals surface area (Å²) < 4.78 is 2.57. The number of hydrogen-bond donors (Lipinski definition) is 2. The van der Waals surface area contributed by atoms with Crippen molar-refractivity contribution in [2.45, 2.75) is 33.1 Å². The third kappa shape index (κ3) is 5.70. The molecule has 0 aliphatic rings. The molecule has 3 aromatic rings. The molecule has 6 nitrogen and oxygen atoms in total. The van der Waals surface area contributed by atoms with Crippen molar-refractivity contribution >= 4 is 44.9 Å². The molecule has 0 saturated heterocycles. The summed E-state index contributed by atoms with van der Waals surface area (Å²) >= 11 is 9.87. The van der Waals surface area contributed by atoms with Crippen LogP contribution in [0.3, 0.4) is 0 Å². The number of amides is 1. The van der Waals surface area contributed by atoms with Crippen molar-refractivity contribution in [1.82, 2.24) is 19.9 Å². The predicted octanol–water partition coefficient (Wildman–Crippen LogP) is 5.17. The number of halogens is 2. The highest BCUT2D eigenvalue weighted by atomic mass is 79.9. The van der Waals surface area contributed by atoms with Gasteiger partial charge < -0.3 is 10.6 Å². The van der Waals surface area contributed by atoms with Crippen molar-refractivity contribution in [3.05, 3.63) is 46.0 Å². The van der Waals surface area contributed by atoms with Gasteiger partial charge in [-0.25, -0.2) is 4.98 Å². The van der Waals surface area contributed by atoms with Crippen LogP contribution in [0.5, 0.6) is 0 Å². The van der Waals surface area contributed by atoms with E-state index >= 15 is 0 Å². The SMILES string of the molecule is CC(C)CCC(=O)NCCCNc1cc(-c2ccccc2Cl)nc2c(Br)cnn12. The molecule has 0 atom stereocenters. The van der Waals surface area contributed by atoms with Crippen molar-refractivity contribution in [2.24, 2.45) is 5.92 Å². The number of benzene rings is 1. The first-order valence-corrected chi connectivity index (χ1v) is 10.9. The van der Waals surface area contributed by atoms with Crippen LogP contribution in [0.15, 0.2) is 41.0 Å². The maximum absolute atomic E-state index is 11.8. The number of nitrogens with one attached hydrogen (secondary N) is 2. The Hall–Kier alpha value is -2.12. The van der Waals surface area contributed by atoms with Crippen molar-refractivity contribution in [3.63, 3.8) is 0 Å². The van der Waals surface area contributed by atoms with Crippen molar-refractivity contribution in [2.75, 3.05) is 18.4 Å². The minimum absolute atomic E-state index is 0.113. The molecular formula is C21H25BrClN5O. The van der Waals surface area contributed by atoms with Crippen molar-refractivity contribution < 1.29 is 4.79 Å². The second-order valence-corrected chi connectivity index (χ2v) is 8.56. The largest absolute Gasteiger partial charge is 0.370 e. The van der Waals surface area contributed by atoms with E-state index in [2.05, 4.69) is 45.5 Å². The van der Waals surface area contributed by atoms with Gasteiger partial charge in [-0.15, -0.1) is 0 Å². The van der Waals surface area contributed by atoms with Gasteiger partial charge >= 0.3 is 0 Å². The van der Waals surface area contributed by atoms with Crippen LogP contribution in [0.1, 0.15) is 33.1 Å². The molecular weight excluding hydrogens is 454 g/mol. The third-order valence-corrected chi connectivity index (χ3v) is 5.40. The summed E-state index contributed by atoms with van der Waals surface area (Å²) in [5.74, 6) is 1.47. The summed E-state index contributed by atoms with van der Waals surface area (Å²) in [6.07, 6.45) is 4.02. The molecule has 0 spiro atoms. The first kappa shape index (κ1) is 21.6. The first-order valence-electron chi connectivity index (χ1n) is 9.75. The monoisotopic (exact) mass is 477 g/mol. The lowest BCUT2D eigenvalue weighted by molar-refractivity contribution is -0.121. The molecule has 8 heteroatoms. The number of aromatic nitrogens is 3. The number of anilines is 1. The highest BCUT2D eigenvalue weighted by Crippen LogP contribution is 2.30. The van der Waals surface area contributed by atoms with E-state index in [0.717, 1.165) is 34.4 Å². The Morgan fingerprint density at radius 1 is 1.28 bits per heavy atom. The zero-order valence-corrected chi connectivity index (χ0v) is 18.9. The van der Waals surface area contributed by atoms with Gasteiger partial charge in [0.15, 0.2) is 5.65 Å². The molecule has 0 fully saturated rings. The molecule has 0 saturated carbocycles. The summed E-state index contributed by atoms with van der Waals surface area (Å²) in [6, 6.07) is 9.57. The van der Waals surface area contributed by atoms with Crippen LogP contribution in [-0.4, -0.2) is 33.6 Å². The van der Waals surface area contributed by atoms with Crippen LogP contribution in [0.25, 0.3) is 16.9 Å². The number of rotatable bonds is 9. The summed E-state index contributed by atoms with van der Waals surface area (Å²) in [5.41, 5.74) is 2.35. The quantitative estimate of drug-likeness (QED) is 0.416. The van der Waals surface area contributed by atoms with Gasteiger partial charge in [0.05, 0.1) is 16.4 Å². The molecule has 29 heavy (non-hydrogen) atoms. The lowest BCUT2D eigenvalue weighted by Crippen LogP contribution is -2.26. The fourth-order valence-electron chi connectivity index (χ4n) is 2.91. The fraction of sp³-hybridized carbons (Fsp3) is 0.381. The van der Waals surface area contributed by atoms with Gasteiger partial charge in [-0.1, -0.05) is 43.6 Å². The molecule has 0 unspecified atom stereocenters. The topological polar surface area (TPSA) is 71.3 Å². The van der Waals surface area contributed by atoms with Gasteiger partial charge in [0.25, 0.3) is 0 Å². The number of carbonyl (C=O) groups is 1. The Balaban J connectivity index is 1.66. The van der Waals surface area contributed by atoms with Crippen LogP contribution in [0.4, 0.5) is 5.82 Å².